The molecule has 0 aliphatic heterocycles. The van der Waals surface area contributed by atoms with Gasteiger partial charge < -0.3 is 0 Å². The van der Waals surface area contributed by atoms with Gasteiger partial charge in [0.15, 0.2) is 0 Å². The van der Waals surface area contributed by atoms with E-state index in [4.69, 9.17) is 4.55 Å². The minimum atomic E-state index is -4.25. The van der Waals surface area contributed by atoms with Gasteiger partial charge in [0.05, 0.1) is 0 Å². The van der Waals surface area contributed by atoms with Gasteiger partial charge in [-0.2, -0.15) is 8.42 Å². The first-order chi connectivity index (χ1) is 10.6. The van der Waals surface area contributed by atoms with E-state index in [2.05, 4.69) is 34.5 Å². The van der Waals surface area contributed by atoms with Crippen LogP contribution >= 0.6 is 0 Å². The number of benzene rings is 1. The van der Waals surface area contributed by atoms with Crippen LogP contribution in [0.5, 0.6) is 0 Å². The molecule has 1 aromatic carbocycles. The van der Waals surface area contributed by atoms with Crippen molar-refractivity contribution in [2.45, 2.75) is 56.7 Å². The van der Waals surface area contributed by atoms with Crippen molar-refractivity contribution in [2.75, 3.05) is 6.61 Å². The monoisotopic (exact) mass is 394 g/mol. The first-order valence-electron chi connectivity index (χ1n) is 7.87. The second-order valence-electron chi connectivity index (χ2n) is 5.24. The van der Waals surface area contributed by atoms with Gasteiger partial charge in [0.25, 0.3) is 0 Å². The van der Waals surface area contributed by atoms with Crippen molar-refractivity contribution >= 4 is 29.8 Å². The Morgan fingerprint density at radius 3 is 2.00 bits per heavy atom. The summed E-state index contributed by atoms with van der Waals surface area (Å²) in [5.74, 6) is 0. The minimum absolute atomic E-state index is 0.0837. The Balaban J connectivity index is 1.80. The van der Waals surface area contributed by atoms with Crippen LogP contribution in [0.15, 0.2) is 30.3 Å². The quantitative estimate of drug-likeness (QED) is 0.317. The summed E-state index contributed by atoms with van der Waals surface area (Å²) in [6.07, 6.45) is 9.08. The van der Waals surface area contributed by atoms with E-state index in [9.17, 15) is 8.42 Å². The van der Waals surface area contributed by atoms with Crippen molar-refractivity contribution < 1.29 is 17.2 Å². The zero-order chi connectivity index (χ0) is 16.1. The third-order valence-electron chi connectivity index (χ3n) is 3.28. The molecule has 1 rings (SSSR count). The fourth-order valence-corrected chi connectivity index (χ4v) is 4.42. The molecule has 0 saturated carbocycles. The summed E-state index contributed by atoms with van der Waals surface area (Å²) in [4.78, 5) is 0. The Hall–Kier alpha value is -0.391. The number of rotatable bonds is 13. The van der Waals surface area contributed by atoms with Crippen molar-refractivity contribution in [1.29, 1.82) is 0 Å². The summed E-state index contributed by atoms with van der Waals surface area (Å²) in [6.45, 7) is 0.0837. The number of hydrogen-bond donors (Lipinski definition) is 1. The number of unbranched alkanes of at least 4 members (excludes halogenated alkanes) is 7. The SMILES string of the molecule is O=S(=O)(O)OCCCCCCCCCC[Se]c1ccccc1. The van der Waals surface area contributed by atoms with E-state index in [0.29, 0.717) is 21.4 Å². The third-order valence-corrected chi connectivity index (χ3v) is 6.05. The summed E-state index contributed by atoms with van der Waals surface area (Å²) in [5, 5.41) is 1.32. The maximum atomic E-state index is 10.3. The molecule has 0 spiro atoms. The Kier molecular flexibility index (Phi) is 10.8. The van der Waals surface area contributed by atoms with Crippen molar-refractivity contribution in [3.8, 4) is 0 Å². The van der Waals surface area contributed by atoms with E-state index in [1.54, 1.807) is 0 Å². The van der Waals surface area contributed by atoms with Gasteiger partial charge in [0, 0.05) is 0 Å². The summed E-state index contributed by atoms with van der Waals surface area (Å²) in [5.41, 5.74) is 0. The normalized spacial score (nSPS) is 11.7. The topological polar surface area (TPSA) is 63.6 Å². The first kappa shape index (κ1) is 19.7. The van der Waals surface area contributed by atoms with E-state index >= 15 is 0 Å². The molecule has 0 fully saturated rings. The molecule has 0 amide bonds. The number of hydrogen-bond acceptors (Lipinski definition) is 3. The molecule has 6 heteroatoms. The molecule has 0 radical (unpaired) electrons. The molecule has 0 unspecified atom stereocenters. The molecule has 0 aromatic heterocycles. The fraction of sp³-hybridized carbons (Fsp3) is 0.625. The average Bonchev–Trinajstić information content (AvgIpc) is 2.48. The van der Waals surface area contributed by atoms with Crippen LogP contribution in [0, 0.1) is 0 Å². The van der Waals surface area contributed by atoms with Gasteiger partial charge in [0.2, 0.25) is 0 Å². The van der Waals surface area contributed by atoms with Crippen molar-refractivity contribution in [1.82, 2.24) is 0 Å². The van der Waals surface area contributed by atoms with Crippen LogP contribution in [-0.2, 0) is 14.6 Å². The van der Waals surface area contributed by atoms with Crippen molar-refractivity contribution in [3.63, 3.8) is 0 Å². The summed E-state index contributed by atoms with van der Waals surface area (Å²) in [6, 6.07) is 10.7. The molecule has 0 aliphatic carbocycles. The molecule has 1 aromatic rings. The zero-order valence-corrected chi connectivity index (χ0v) is 15.5. The van der Waals surface area contributed by atoms with Crippen LogP contribution in [-0.4, -0.2) is 34.5 Å². The summed E-state index contributed by atoms with van der Waals surface area (Å²) >= 11 is 0.619. The van der Waals surface area contributed by atoms with Crippen LogP contribution in [0.25, 0.3) is 0 Å². The predicted octanol–water partition coefficient (Wildman–Crippen LogP) is 3.37. The fourth-order valence-electron chi connectivity index (χ4n) is 2.14. The summed E-state index contributed by atoms with van der Waals surface area (Å²) < 4.78 is 34.8. The molecule has 22 heavy (non-hydrogen) atoms. The second kappa shape index (κ2) is 12.1. The third kappa shape index (κ3) is 12.2. The molecule has 0 heterocycles. The Bertz CT molecular complexity index is 476. The predicted molar refractivity (Wildman–Crippen MR) is 91.1 cm³/mol. The molecule has 4 nitrogen and oxygen atoms in total. The van der Waals surface area contributed by atoms with E-state index in [1.807, 2.05) is 0 Å². The van der Waals surface area contributed by atoms with Crippen LogP contribution in [0.3, 0.4) is 0 Å². The molecular formula is C16H26O4SSe. The van der Waals surface area contributed by atoms with Gasteiger partial charge in [-0.1, -0.05) is 0 Å². The maximum absolute atomic E-state index is 10.3. The van der Waals surface area contributed by atoms with Gasteiger partial charge in [-0.25, -0.2) is 0 Å². The molecular weight excluding hydrogens is 367 g/mol. The molecule has 0 saturated heterocycles. The van der Waals surface area contributed by atoms with Crippen molar-refractivity contribution in [3.05, 3.63) is 30.3 Å². The molecule has 126 valence electrons. The molecule has 0 aliphatic rings. The van der Waals surface area contributed by atoms with Gasteiger partial charge in [-0.3, -0.25) is 4.55 Å². The van der Waals surface area contributed by atoms with Crippen molar-refractivity contribution in [2.24, 2.45) is 0 Å². The molecule has 0 atom stereocenters. The van der Waals surface area contributed by atoms with E-state index in [1.165, 1.54) is 41.9 Å². The van der Waals surface area contributed by atoms with E-state index in [-0.39, 0.29) is 6.61 Å². The molecule has 0 bridgehead atoms. The van der Waals surface area contributed by atoms with Crippen LogP contribution in [0.1, 0.15) is 51.4 Å². The standard InChI is InChI=1S/C16H26O4SSe/c17-21(18,19)20-14-10-5-3-1-2-4-6-11-15-22-16-12-8-7-9-13-16/h7-9,12-13H,1-6,10-11,14-15H2,(H,17,18,19). The van der Waals surface area contributed by atoms with Gasteiger partial charge >= 0.3 is 128 Å². The Labute approximate surface area is 140 Å². The van der Waals surface area contributed by atoms with E-state index in [0.717, 1.165) is 12.8 Å². The van der Waals surface area contributed by atoms with Gasteiger partial charge in [-0.05, 0) is 0 Å². The van der Waals surface area contributed by atoms with Crippen LogP contribution < -0.4 is 4.46 Å². The zero-order valence-electron chi connectivity index (χ0n) is 12.9. The second-order valence-corrected chi connectivity index (χ2v) is 8.78. The Morgan fingerprint density at radius 1 is 0.864 bits per heavy atom. The van der Waals surface area contributed by atoms with Crippen LogP contribution in [0.4, 0.5) is 0 Å². The molecule has 1 N–H and O–H groups in total. The Morgan fingerprint density at radius 2 is 1.41 bits per heavy atom. The average molecular weight is 393 g/mol. The van der Waals surface area contributed by atoms with E-state index < -0.39 is 10.4 Å². The van der Waals surface area contributed by atoms with Gasteiger partial charge in [0.1, 0.15) is 0 Å². The summed E-state index contributed by atoms with van der Waals surface area (Å²) in [7, 11) is -4.25. The first-order valence-corrected chi connectivity index (χ1v) is 11.3. The van der Waals surface area contributed by atoms with Gasteiger partial charge in [-0.15, -0.1) is 0 Å². The van der Waals surface area contributed by atoms with Crippen LogP contribution in [0.2, 0.25) is 5.32 Å².